The lowest BCUT2D eigenvalue weighted by Crippen LogP contribution is -2.34. The molecule has 1 aliphatic rings. The second-order valence-electron chi connectivity index (χ2n) is 6.12. The van der Waals surface area contributed by atoms with Crippen molar-refractivity contribution in [2.45, 2.75) is 58.1 Å². The molecule has 1 fully saturated rings. The van der Waals surface area contributed by atoms with Gasteiger partial charge in [-0.1, -0.05) is 0 Å². The van der Waals surface area contributed by atoms with E-state index in [9.17, 15) is 9.59 Å². The molecule has 0 aromatic rings. The molecule has 0 spiro atoms. The topological polar surface area (TPSA) is 79.5 Å². The third kappa shape index (κ3) is 9.61. The summed E-state index contributed by atoms with van der Waals surface area (Å²) in [5.74, 6) is 0.117. The first-order valence-corrected chi connectivity index (χ1v) is 7.34. The van der Waals surface area contributed by atoms with Crippen molar-refractivity contribution in [2.24, 2.45) is 0 Å². The van der Waals surface area contributed by atoms with Crippen molar-refractivity contribution in [1.29, 1.82) is 0 Å². The number of hydrogen-bond donors (Lipinski definition) is 3. The van der Waals surface area contributed by atoms with Crippen LogP contribution in [0.3, 0.4) is 0 Å². The predicted octanol–water partition coefficient (Wildman–Crippen LogP) is 1.16. The van der Waals surface area contributed by atoms with Crippen LogP contribution in [0, 0.1) is 0 Å². The summed E-state index contributed by atoms with van der Waals surface area (Å²) in [6.07, 6.45) is 3.17. The normalized spacial score (nSPS) is 14.8. The highest BCUT2D eigenvalue weighted by molar-refractivity contribution is 5.76. The van der Waals surface area contributed by atoms with E-state index in [2.05, 4.69) is 16.0 Å². The molecule has 0 aromatic heterocycles. The highest BCUT2D eigenvalue weighted by Gasteiger charge is 2.22. The summed E-state index contributed by atoms with van der Waals surface area (Å²) in [6, 6.07) is 0.431. The molecule has 1 aliphatic carbocycles. The molecule has 2 amide bonds. The number of amides is 2. The molecule has 6 nitrogen and oxygen atoms in total. The summed E-state index contributed by atoms with van der Waals surface area (Å²) < 4.78 is 5.12. The zero-order chi connectivity index (χ0) is 15.0. The van der Waals surface area contributed by atoms with Crippen LogP contribution in [0.2, 0.25) is 0 Å². The summed E-state index contributed by atoms with van der Waals surface area (Å²) in [5.41, 5.74) is -0.461. The Morgan fingerprint density at radius 1 is 1.15 bits per heavy atom. The van der Waals surface area contributed by atoms with Crippen molar-refractivity contribution in [2.75, 3.05) is 19.6 Å². The van der Waals surface area contributed by atoms with E-state index >= 15 is 0 Å². The maximum absolute atomic E-state index is 11.4. The minimum absolute atomic E-state index is 0.117. The van der Waals surface area contributed by atoms with E-state index < -0.39 is 5.60 Å². The van der Waals surface area contributed by atoms with Crippen LogP contribution in [0.25, 0.3) is 0 Å². The van der Waals surface area contributed by atoms with Gasteiger partial charge in [-0.05, 0) is 46.6 Å². The molecule has 3 N–H and O–H groups in total. The zero-order valence-corrected chi connectivity index (χ0v) is 12.8. The van der Waals surface area contributed by atoms with Gasteiger partial charge in [0.15, 0.2) is 0 Å². The molecular formula is C14H27N3O3. The summed E-state index contributed by atoms with van der Waals surface area (Å²) in [7, 11) is 0. The van der Waals surface area contributed by atoms with Crippen LogP contribution < -0.4 is 16.0 Å². The summed E-state index contributed by atoms with van der Waals surface area (Å²) in [4.78, 5) is 22.7. The maximum Gasteiger partial charge on any atom is 0.407 e. The molecule has 0 radical (unpaired) electrons. The SMILES string of the molecule is CC(C)(C)OC(=O)NCCCNCCC(=O)NC1CC1. The largest absolute Gasteiger partial charge is 0.444 e. The van der Waals surface area contributed by atoms with Gasteiger partial charge in [-0.15, -0.1) is 0 Å². The minimum Gasteiger partial charge on any atom is -0.444 e. The molecule has 1 saturated carbocycles. The van der Waals surface area contributed by atoms with Gasteiger partial charge in [-0.2, -0.15) is 0 Å². The average Bonchev–Trinajstić information content (AvgIpc) is 3.09. The second kappa shape index (κ2) is 8.09. The molecule has 0 atom stereocenters. The first kappa shape index (κ1) is 16.8. The van der Waals surface area contributed by atoms with E-state index in [0.29, 0.717) is 25.6 Å². The highest BCUT2D eigenvalue weighted by atomic mass is 16.6. The molecule has 0 unspecified atom stereocenters. The van der Waals surface area contributed by atoms with Gasteiger partial charge in [-0.3, -0.25) is 4.79 Å². The van der Waals surface area contributed by atoms with Crippen LogP contribution in [0.15, 0.2) is 0 Å². The van der Waals surface area contributed by atoms with Crippen LogP contribution in [0.1, 0.15) is 46.5 Å². The fourth-order valence-electron chi connectivity index (χ4n) is 1.57. The molecule has 20 heavy (non-hydrogen) atoms. The van der Waals surface area contributed by atoms with Gasteiger partial charge < -0.3 is 20.7 Å². The Labute approximate surface area is 121 Å². The summed E-state index contributed by atoms with van der Waals surface area (Å²) in [5, 5.41) is 8.81. The lowest BCUT2D eigenvalue weighted by atomic mass is 10.2. The van der Waals surface area contributed by atoms with E-state index in [-0.39, 0.29) is 12.0 Å². The van der Waals surface area contributed by atoms with Crippen molar-refractivity contribution in [3.63, 3.8) is 0 Å². The minimum atomic E-state index is -0.461. The first-order chi connectivity index (χ1) is 9.37. The van der Waals surface area contributed by atoms with E-state index in [0.717, 1.165) is 25.8 Å². The lowest BCUT2D eigenvalue weighted by molar-refractivity contribution is -0.121. The van der Waals surface area contributed by atoms with Crippen LogP contribution >= 0.6 is 0 Å². The Bertz CT molecular complexity index is 322. The molecule has 0 aliphatic heterocycles. The zero-order valence-electron chi connectivity index (χ0n) is 12.8. The quantitative estimate of drug-likeness (QED) is 0.585. The predicted molar refractivity (Wildman–Crippen MR) is 77.5 cm³/mol. The van der Waals surface area contributed by atoms with Gasteiger partial charge in [-0.25, -0.2) is 4.79 Å². The molecule has 116 valence electrons. The molecular weight excluding hydrogens is 258 g/mol. The number of carbonyl (C=O) groups is 2. The Kier molecular flexibility index (Phi) is 6.78. The molecule has 6 heteroatoms. The first-order valence-electron chi connectivity index (χ1n) is 7.34. The van der Waals surface area contributed by atoms with E-state index in [4.69, 9.17) is 4.74 Å². The van der Waals surface area contributed by atoms with Gasteiger partial charge in [0.2, 0.25) is 5.91 Å². The third-order valence-electron chi connectivity index (χ3n) is 2.67. The van der Waals surface area contributed by atoms with Crippen LogP contribution in [0.4, 0.5) is 4.79 Å². The van der Waals surface area contributed by atoms with Gasteiger partial charge in [0.1, 0.15) is 5.60 Å². The standard InChI is InChI=1S/C14H27N3O3/c1-14(2,3)20-13(19)16-9-4-8-15-10-7-12(18)17-11-5-6-11/h11,15H,4-10H2,1-3H3,(H,16,19)(H,17,18). The van der Waals surface area contributed by atoms with E-state index in [1.54, 1.807) is 0 Å². The van der Waals surface area contributed by atoms with E-state index in [1.807, 2.05) is 20.8 Å². The number of hydrogen-bond acceptors (Lipinski definition) is 4. The van der Waals surface area contributed by atoms with Gasteiger partial charge in [0, 0.05) is 25.6 Å². The Balaban J connectivity index is 1.86. The number of nitrogens with one attached hydrogen (secondary N) is 3. The van der Waals surface area contributed by atoms with Crippen LogP contribution in [-0.4, -0.2) is 43.3 Å². The maximum atomic E-state index is 11.4. The van der Waals surface area contributed by atoms with Crippen LogP contribution in [-0.2, 0) is 9.53 Å². The number of ether oxygens (including phenoxy) is 1. The van der Waals surface area contributed by atoms with Gasteiger partial charge in [0.05, 0.1) is 0 Å². The number of rotatable bonds is 8. The summed E-state index contributed by atoms with van der Waals surface area (Å²) in [6.45, 7) is 7.51. The monoisotopic (exact) mass is 285 g/mol. The third-order valence-corrected chi connectivity index (χ3v) is 2.67. The average molecular weight is 285 g/mol. The smallest absolute Gasteiger partial charge is 0.407 e. The van der Waals surface area contributed by atoms with Crippen molar-refractivity contribution in [1.82, 2.24) is 16.0 Å². The van der Waals surface area contributed by atoms with E-state index in [1.165, 1.54) is 0 Å². The van der Waals surface area contributed by atoms with Crippen LogP contribution in [0.5, 0.6) is 0 Å². The van der Waals surface area contributed by atoms with Crippen molar-refractivity contribution in [3.8, 4) is 0 Å². The molecule has 0 aromatic carbocycles. The molecule has 0 heterocycles. The second-order valence-corrected chi connectivity index (χ2v) is 6.12. The van der Waals surface area contributed by atoms with Gasteiger partial charge >= 0.3 is 6.09 Å². The Morgan fingerprint density at radius 2 is 1.85 bits per heavy atom. The lowest BCUT2D eigenvalue weighted by Gasteiger charge is -2.19. The number of carbonyl (C=O) groups excluding carboxylic acids is 2. The molecule has 1 rings (SSSR count). The Hall–Kier alpha value is -1.30. The van der Waals surface area contributed by atoms with Crippen molar-refractivity contribution >= 4 is 12.0 Å². The molecule has 0 saturated heterocycles. The van der Waals surface area contributed by atoms with Crippen molar-refractivity contribution < 1.29 is 14.3 Å². The van der Waals surface area contributed by atoms with Gasteiger partial charge in [0.25, 0.3) is 0 Å². The Morgan fingerprint density at radius 3 is 2.45 bits per heavy atom. The fourth-order valence-corrected chi connectivity index (χ4v) is 1.57. The fraction of sp³-hybridized carbons (Fsp3) is 0.857. The summed E-state index contributed by atoms with van der Waals surface area (Å²) >= 11 is 0. The van der Waals surface area contributed by atoms with Crippen molar-refractivity contribution in [3.05, 3.63) is 0 Å². The highest BCUT2D eigenvalue weighted by Crippen LogP contribution is 2.18. The number of alkyl carbamates (subject to hydrolysis) is 1. The molecule has 0 bridgehead atoms.